The van der Waals surface area contributed by atoms with E-state index in [-0.39, 0.29) is 17.9 Å². The average molecular weight is 364 g/mol. The Bertz CT molecular complexity index is 608. The quantitative estimate of drug-likeness (QED) is 0.839. The van der Waals surface area contributed by atoms with Gasteiger partial charge in [0.1, 0.15) is 0 Å². The number of halogens is 1. The Balaban J connectivity index is 1.52. The summed E-state index contributed by atoms with van der Waals surface area (Å²) in [7, 11) is 0. The summed E-state index contributed by atoms with van der Waals surface area (Å²) in [6.07, 6.45) is 1.88. The molecule has 1 amide bonds. The van der Waals surface area contributed by atoms with Gasteiger partial charge in [-0.3, -0.25) is 4.79 Å². The number of hydrogen-bond donors (Lipinski definition) is 1. The highest BCUT2D eigenvalue weighted by atomic mass is 79.9. The minimum absolute atomic E-state index is 0.149. The number of nitrogens with one attached hydrogen (secondary N) is 1. The first-order chi connectivity index (χ1) is 10.1. The molecule has 3 rings (SSSR count). The van der Waals surface area contributed by atoms with Gasteiger partial charge in [-0.2, -0.15) is 11.3 Å². The van der Waals surface area contributed by atoms with Gasteiger partial charge in [-0.15, -0.1) is 0 Å². The fraction of sp³-hybridized carbons (Fsp3) is 0.353. The minimum Gasteiger partial charge on any atom is -0.353 e. The molecule has 2 nitrogen and oxygen atoms in total. The zero-order chi connectivity index (χ0) is 14.8. The fourth-order valence-corrected chi connectivity index (χ4v) is 3.67. The van der Waals surface area contributed by atoms with Crippen molar-refractivity contribution in [1.29, 1.82) is 0 Å². The van der Waals surface area contributed by atoms with E-state index < -0.39 is 0 Å². The van der Waals surface area contributed by atoms with E-state index in [4.69, 9.17) is 0 Å². The van der Waals surface area contributed by atoms with Gasteiger partial charge in [-0.05, 0) is 65.8 Å². The number of carbonyl (C=O) groups is 1. The third kappa shape index (κ3) is 3.74. The van der Waals surface area contributed by atoms with Gasteiger partial charge in [0.2, 0.25) is 5.91 Å². The molecule has 2 aromatic rings. The predicted molar refractivity (Wildman–Crippen MR) is 90.6 cm³/mol. The molecule has 110 valence electrons. The van der Waals surface area contributed by atoms with E-state index in [0.717, 1.165) is 17.3 Å². The average Bonchev–Trinajstić information content (AvgIpc) is 3.10. The van der Waals surface area contributed by atoms with Crippen LogP contribution in [0.3, 0.4) is 0 Å². The third-order valence-electron chi connectivity index (χ3n) is 3.94. The fourth-order valence-electron chi connectivity index (χ4n) is 2.73. The second kappa shape index (κ2) is 6.32. The Kier molecular flexibility index (Phi) is 4.45. The van der Waals surface area contributed by atoms with Crippen LogP contribution in [0.15, 0.2) is 45.6 Å². The van der Waals surface area contributed by atoms with Crippen molar-refractivity contribution in [3.63, 3.8) is 0 Å². The lowest BCUT2D eigenvalue weighted by Gasteiger charge is -2.13. The van der Waals surface area contributed by atoms with Crippen molar-refractivity contribution in [2.75, 3.05) is 0 Å². The molecule has 0 bridgehead atoms. The second-order valence-corrected chi connectivity index (χ2v) is 7.44. The molecule has 1 N–H and O–H groups in total. The van der Waals surface area contributed by atoms with Gasteiger partial charge in [0.05, 0.1) is 0 Å². The number of benzene rings is 1. The van der Waals surface area contributed by atoms with Crippen molar-refractivity contribution >= 4 is 33.2 Å². The monoisotopic (exact) mass is 363 g/mol. The normalized spacial score (nSPS) is 21.8. The van der Waals surface area contributed by atoms with Crippen LogP contribution in [0.25, 0.3) is 0 Å². The van der Waals surface area contributed by atoms with Gasteiger partial charge in [0.25, 0.3) is 0 Å². The molecular formula is C17H18BrNOS. The van der Waals surface area contributed by atoms with Crippen molar-refractivity contribution in [2.24, 2.45) is 5.92 Å². The molecule has 4 heteroatoms. The molecule has 0 radical (unpaired) electrons. The Hall–Kier alpha value is -1.13. The van der Waals surface area contributed by atoms with Crippen molar-refractivity contribution in [3.05, 3.63) is 56.7 Å². The maximum atomic E-state index is 12.3. The molecule has 1 saturated carbocycles. The van der Waals surface area contributed by atoms with Crippen LogP contribution in [-0.2, 0) is 11.2 Å². The van der Waals surface area contributed by atoms with Crippen LogP contribution in [0, 0.1) is 5.92 Å². The highest BCUT2D eigenvalue weighted by molar-refractivity contribution is 9.10. The molecule has 0 aliphatic heterocycles. The maximum absolute atomic E-state index is 12.3. The second-order valence-electron chi connectivity index (χ2n) is 5.75. The summed E-state index contributed by atoms with van der Waals surface area (Å²) in [5.41, 5.74) is 2.57. The van der Waals surface area contributed by atoms with E-state index >= 15 is 0 Å². The summed E-state index contributed by atoms with van der Waals surface area (Å²) in [6.45, 7) is 2.08. The Labute approximate surface area is 137 Å². The molecule has 1 aromatic heterocycles. The molecular weight excluding hydrogens is 346 g/mol. The smallest absolute Gasteiger partial charge is 0.223 e. The Morgan fingerprint density at radius 1 is 1.38 bits per heavy atom. The summed E-state index contributed by atoms with van der Waals surface area (Å²) >= 11 is 5.14. The molecule has 1 fully saturated rings. The highest BCUT2D eigenvalue weighted by Crippen LogP contribution is 2.47. The lowest BCUT2D eigenvalue weighted by atomic mass is 10.1. The molecule has 0 spiro atoms. The van der Waals surface area contributed by atoms with E-state index in [0.29, 0.717) is 5.92 Å². The molecule has 3 atom stereocenters. The number of carbonyl (C=O) groups excluding carboxylic acids is 1. The van der Waals surface area contributed by atoms with Gasteiger partial charge in [-0.1, -0.05) is 28.1 Å². The number of amides is 1. The van der Waals surface area contributed by atoms with Crippen LogP contribution >= 0.6 is 27.3 Å². The molecule has 1 aromatic carbocycles. The first-order valence-corrected chi connectivity index (χ1v) is 8.94. The van der Waals surface area contributed by atoms with Crippen LogP contribution in [0.5, 0.6) is 0 Å². The van der Waals surface area contributed by atoms with Crippen LogP contribution < -0.4 is 5.32 Å². The van der Waals surface area contributed by atoms with Gasteiger partial charge < -0.3 is 5.32 Å². The highest BCUT2D eigenvalue weighted by Gasteiger charge is 2.44. The SMILES string of the molecule is CC(Cc1ccsc1)NC(=O)C1CC1c1ccc(Br)cc1. The standard InChI is InChI=1S/C17H18BrNOS/c1-11(8-12-6-7-21-10-12)19-17(20)16-9-15(16)13-2-4-14(18)5-3-13/h2-7,10-11,15-16H,8-9H2,1H3,(H,19,20). The van der Waals surface area contributed by atoms with Crippen molar-refractivity contribution in [2.45, 2.75) is 31.7 Å². The number of hydrogen-bond acceptors (Lipinski definition) is 2. The third-order valence-corrected chi connectivity index (χ3v) is 5.20. The summed E-state index contributed by atoms with van der Waals surface area (Å²) in [6, 6.07) is 10.6. The van der Waals surface area contributed by atoms with Crippen LogP contribution in [0.2, 0.25) is 0 Å². The van der Waals surface area contributed by atoms with E-state index in [9.17, 15) is 4.79 Å². The predicted octanol–water partition coefficient (Wildman–Crippen LogP) is 4.36. The van der Waals surface area contributed by atoms with Crippen molar-refractivity contribution in [3.8, 4) is 0 Å². The summed E-state index contributed by atoms with van der Waals surface area (Å²) in [5, 5.41) is 7.37. The largest absolute Gasteiger partial charge is 0.353 e. The summed E-state index contributed by atoms with van der Waals surface area (Å²) in [4.78, 5) is 12.3. The zero-order valence-electron chi connectivity index (χ0n) is 11.9. The topological polar surface area (TPSA) is 29.1 Å². The van der Waals surface area contributed by atoms with E-state index in [1.54, 1.807) is 11.3 Å². The number of rotatable bonds is 5. The lowest BCUT2D eigenvalue weighted by molar-refractivity contribution is -0.123. The maximum Gasteiger partial charge on any atom is 0.223 e. The minimum atomic E-state index is 0.149. The Morgan fingerprint density at radius 2 is 2.14 bits per heavy atom. The molecule has 1 heterocycles. The van der Waals surface area contributed by atoms with Crippen molar-refractivity contribution < 1.29 is 4.79 Å². The van der Waals surface area contributed by atoms with E-state index in [1.165, 1.54) is 11.1 Å². The number of thiophene rings is 1. The van der Waals surface area contributed by atoms with Crippen LogP contribution in [-0.4, -0.2) is 11.9 Å². The molecule has 21 heavy (non-hydrogen) atoms. The van der Waals surface area contributed by atoms with E-state index in [2.05, 4.69) is 57.1 Å². The molecule has 1 aliphatic carbocycles. The van der Waals surface area contributed by atoms with E-state index in [1.807, 2.05) is 12.1 Å². The summed E-state index contributed by atoms with van der Waals surface area (Å²) in [5.74, 6) is 0.744. The lowest BCUT2D eigenvalue weighted by Crippen LogP contribution is -2.35. The first kappa shape index (κ1) is 14.8. The van der Waals surface area contributed by atoms with Gasteiger partial charge >= 0.3 is 0 Å². The first-order valence-electron chi connectivity index (χ1n) is 7.20. The molecule has 0 saturated heterocycles. The molecule has 1 aliphatic rings. The van der Waals surface area contributed by atoms with Crippen molar-refractivity contribution in [1.82, 2.24) is 5.32 Å². The molecule has 3 unspecified atom stereocenters. The van der Waals surface area contributed by atoms with Gasteiger partial charge in [0, 0.05) is 16.4 Å². The van der Waals surface area contributed by atoms with Crippen LogP contribution in [0.4, 0.5) is 0 Å². The van der Waals surface area contributed by atoms with Gasteiger partial charge in [0.15, 0.2) is 0 Å². The Morgan fingerprint density at radius 3 is 2.81 bits per heavy atom. The zero-order valence-corrected chi connectivity index (χ0v) is 14.3. The van der Waals surface area contributed by atoms with Gasteiger partial charge in [-0.25, -0.2) is 0 Å². The van der Waals surface area contributed by atoms with Crippen LogP contribution in [0.1, 0.15) is 30.4 Å². The summed E-state index contributed by atoms with van der Waals surface area (Å²) < 4.78 is 1.08.